The van der Waals surface area contributed by atoms with Crippen molar-refractivity contribution in [3.8, 4) is 0 Å². The Bertz CT molecular complexity index is 200. The first-order valence-corrected chi connectivity index (χ1v) is 7.42. The molecule has 2 fully saturated rings. The minimum Gasteiger partial charge on any atom is -0.392 e. The van der Waals surface area contributed by atoms with Crippen LogP contribution in [0.15, 0.2) is 0 Å². The van der Waals surface area contributed by atoms with Crippen molar-refractivity contribution in [3.63, 3.8) is 0 Å². The van der Waals surface area contributed by atoms with Crippen molar-refractivity contribution in [1.82, 2.24) is 5.32 Å². The molecule has 88 valence electrons. The molecule has 3 heteroatoms. The zero-order chi connectivity index (χ0) is 10.7. The fourth-order valence-corrected chi connectivity index (χ4v) is 4.15. The van der Waals surface area contributed by atoms with E-state index < -0.39 is 0 Å². The molecular formula is C12H23NOS. The van der Waals surface area contributed by atoms with Crippen LogP contribution in [0.5, 0.6) is 0 Å². The third-order valence-electron chi connectivity index (χ3n) is 3.74. The lowest BCUT2D eigenvalue weighted by atomic mass is 10.1. The van der Waals surface area contributed by atoms with Crippen molar-refractivity contribution in [2.75, 3.05) is 5.75 Å². The highest BCUT2D eigenvalue weighted by atomic mass is 32.2. The van der Waals surface area contributed by atoms with E-state index >= 15 is 0 Å². The summed E-state index contributed by atoms with van der Waals surface area (Å²) in [6, 6.07) is 1.04. The molecule has 2 nitrogen and oxygen atoms in total. The van der Waals surface area contributed by atoms with E-state index in [1.54, 1.807) is 0 Å². The molecule has 4 atom stereocenters. The maximum Gasteiger partial charge on any atom is 0.0693 e. The first-order chi connectivity index (χ1) is 7.31. The van der Waals surface area contributed by atoms with Crippen molar-refractivity contribution in [2.24, 2.45) is 0 Å². The Morgan fingerprint density at radius 2 is 1.87 bits per heavy atom. The SMILES string of the molecule is CCSC1CCCC1NC1CCCC1O. The van der Waals surface area contributed by atoms with Crippen LogP contribution in [-0.4, -0.2) is 34.3 Å². The van der Waals surface area contributed by atoms with Gasteiger partial charge in [0.15, 0.2) is 0 Å². The highest BCUT2D eigenvalue weighted by Crippen LogP contribution is 2.31. The molecule has 2 rings (SSSR count). The lowest BCUT2D eigenvalue weighted by Gasteiger charge is -2.26. The minimum absolute atomic E-state index is 0.0853. The number of thioether (sulfide) groups is 1. The van der Waals surface area contributed by atoms with Crippen molar-refractivity contribution in [2.45, 2.75) is 68.9 Å². The van der Waals surface area contributed by atoms with Gasteiger partial charge in [0, 0.05) is 17.3 Å². The van der Waals surface area contributed by atoms with Gasteiger partial charge in [0.25, 0.3) is 0 Å². The van der Waals surface area contributed by atoms with Gasteiger partial charge in [-0.1, -0.05) is 13.3 Å². The van der Waals surface area contributed by atoms with E-state index in [2.05, 4.69) is 24.0 Å². The van der Waals surface area contributed by atoms with Gasteiger partial charge in [-0.05, 0) is 37.9 Å². The summed E-state index contributed by atoms with van der Waals surface area (Å²) in [5, 5.41) is 14.3. The van der Waals surface area contributed by atoms with Crippen LogP contribution in [0.4, 0.5) is 0 Å². The minimum atomic E-state index is -0.0853. The molecule has 2 aliphatic carbocycles. The smallest absolute Gasteiger partial charge is 0.0693 e. The molecule has 2 N–H and O–H groups in total. The Morgan fingerprint density at radius 1 is 1.13 bits per heavy atom. The molecule has 0 spiro atoms. The zero-order valence-corrected chi connectivity index (χ0v) is 10.4. The van der Waals surface area contributed by atoms with Crippen LogP contribution in [0.2, 0.25) is 0 Å². The number of hydrogen-bond donors (Lipinski definition) is 2. The predicted molar refractivity (Wildman–Crippen MR) is 66.3 cm³/mol. The number of hydrogen-bond acceptors (Lipinski definition) is 3. The van der Waals surface area contributed by atoms with Crippen molar-refractivity contribution < 1.29 is 5.11 Å². The molecule has 2 saturated carbocycles. The second kappa shape index (κ2) is 5.55. The van der Waals surface area contributed by atoms with Gasteiger partial charge in [-0.3, -0.25) is 0 Å². The molecule has 0 amide bonds. The fraction of sp³-hybridized carbons (Fsp3) is 1.00. The van der Waals surface area contributed by atoms with E-state index in [1.165, 1.54) is 37.9 Å². The van der Waals surface area contributed by atoms with E-state index in [1.807, 2.05) is 0 Å². The summed E-state index contributed by atoms with van der Waals surface area (Å²) < 4.78 is 0. The lowest BCUT2D eigenvalue weighted by molar-refractivity contribution is 0.143. The van der Waals surface area contributed by atoms with Gasteiger partial charge < -0.3 is 10.4 Å². The van der Waals surface area contributed by atoms with Crippen LogP contribution in [0.25, 0.3) is 0 Å². The Kier molecular flexibility index (Phi) is 4.35. The maximum atomic E-state index is 9.80. The van der Waals surface area contributed by atoms with E-state index in [0.29, 0.717) is 12.1 Å². The Hall–Kier alpha value is 0.270. The average Bonchev–Trinajstić information content (AvgIpc) is 2.80. The van der Waals surface area contributed by atoms with Crippen LogP contribution < -0.4 is 5.32 Å². The lowest BCUT2D eigenvalue weighted by Crippen LogP contribution is -2.45. The van der Waals surface area contributed by atoms with Gasteiger partial charge in [0.2, 0.25) is 0 Å². The van der Waals surface area contributed by atoms with Gasteiger partial charge in [-0.2, -0.15) is 11.8 Å². The molecule has 0 aromatic heterocycles. The first-order valence-electron chi connectivity index (χ1n) is 6.37. The molecule has 0 aromatic carbocycles. The largest absolute Gasteiger partial charge is 0.392 e. The molecule has 0 heterocycles. The highest BCUT2D eigenvalue weighted by Gasteiger charge is 2.32. The van der Waals surface area contributed by atoms with Gasteiger partial charge in [-0.25, -0.2) is 0 Å². The van der Waals surface area contributed by atoms with Gasteiger partial charge >= 0.3 is 0 Å². The second-order valence-electron chi connectivity index (χ2n) is 4.80. The number of rotatable bonds is 4. The van der Waals surface area contributed by atoms with Crippen LogP contribution in [-0.2, 0) is 0 Å². The quantitative estimate of drug-likeness (QED) is 0.775. The van der Waals surface area contributed by atoms with Crippen molar-refractivity contribution >= 4 is 11.8 Å². The van der Waals surface area contributed by atoms with Crippen LogP contribution in [0, 0.1) is 0 Å². The van der Waals surface area contributed by atoms with Crippen molar-refractivity contribution in [3.05, 3.63) is 0 Å². The molecule has 0 saturated heterocycles. The van der Waals surface area contributed by atoms with Crippen molar-refractivity contribution in [1.29, 1.82) is 0 Å². The maximum absolute atomic E-state index is 9.80. The number of aliphatic hydroxyl groups excluding tert-OH is 1. The third-order valence-corrected chi connectivity index (χ3v) is 5.07. The topological polar surface area (TPSA) is 32.3 Å². The van der Waals surface area contributed by atoms with E-state index in [-0.39, 0.29) is 6.10 Å². The monoisotopic (exact) mass is 229 g/mol. The molecule has 15 heavy (non-hydrogen) atoms. The molecule has 2 aliphatic rings. The molecule has 4 unspecified atom stereocenters. The summed E-state index contributed by atoms with van der Waals surface area (Å²) in [6.45, 7) is 2.24. The van der Waals surface area contributed by atoms with E-state index in [4.69, 9.17) is 0 Å². The summed E-state index contributed by atoms with van der Waals surface area (Å²) in [6.07, 6.45) is 7.30. The van der Waals surface area contributed by atoms with Gasteiger partial charge in [0.1, 0.15) is 0 Å². The Labute approximate surface area is 97.2 Å². The van der Waals surface area contributed by atoms with Gasteiger partial charge in [0.05, 0.1) is 6.10 Å². The van der Waals surface area contributed by atoms with E-state index in [0.717, 1.165) is 11.7 Å². The molecule has 0 aromatic rings. The summed E-state index contributed by atoms with van der Waals surface area (Å²) in [4.78, 5) is 0. The number of nitrogens with one attached hydrogen (secondary N) is 1. The molecule has 0 bridgehead atoms. The van der Waals surface area contributed by atoms with E-state index in [9.17, 15) is 5.11 Å². The summed E-state index contributed by atoms with van der Waals surface area (Å²) >= 11 is 2.09. The molecule has 0 aliphatic heterocycles. The average molecular weight is 229 g/mol. The highest BCUT2D eigenvalue weighted by molar-refractivity contribution is 7.99. The fourth-order valence-electron chi connectivity index (χ4n) is 2.94. The van der Waals surface area contributed by atoms with Crippen LogP contribution in [0.1, 0.15) is 45.4 Å². The van der Waals surface area contributed by atoms with Crippen LogP contribution >= 0.6 is 11.8 Å². The molecule has 0 radical (unpaired) electrons. The number of aliphatic hydroxyl groups is 1. The standard InChI is InChI=1S/C12H23NOS/c1-2-15-12-8-4-6-10(12)13-9-5-3-7-11(9)14/h9-14H,2-8H2,1H3. The summed E-state index contributed by atoms with van der Waals surface area (Å²) in [5.74, 6) is 1.22. The Balaban J connectivity index is 1.82. The third kappa shape index (κ3) is 2.89. The molecular weight excluding hydrogens is 206 g/mol. The normalized spacial score (nSPS) is 41.2. The second-order valence-corrected chi connectivity index (χ2v) is 6.32. The summed E-state index contributed by atoms with van der Waals surface area (Å²) in [5.41, 5.74) is 0. The summed E-state index contributed by atoms with van der Waals surface area (Å²) in [7, 11) is 0. The first kappa shape index (κ1) is 11.7. The Morgan fingerprint density at radius 3 is 2.53 bits per heavy atom. The van der Waals surface area contributed by atoms with Gasteiger partial charge in [-0.15, -0.1) is 0 Å². The zero-order valence-electron chi connectivity index (χ0n) is 9.61. The predicted octanol–water partition coefficient (Wildman–Crippen LogP) is 2.16. The van der Waals surface area contributed by atoms with Crippen LogP contribution in [0.3, 0.4) is 0 Å².